The molecule has 1 saturated heterocycles. The molecule has 0 unspecified atom stereocenters. The van der Waals surface area contributed by atoms with Gasteiger partial charge in [-0.25, -0.2) is 0 Å². The van der Waals surface area contributed by atoms with Crippen LogP contribution >= 0.6 is 11.3 Å². The van der Waals surface area contributed by atoms with Crippen molar-refractivity contribution in [1.82, 2.24) is 15.1 Å². The van der Waals surface area contributed by atoms with Gasteiger partial charge in [-0.2, -0.15) is 0 Å². The standard InChI is InChI=1S/C12H18N4OS/c1-9-13-14-12(18-9)16-7-5-15(6-8-16)11(17)10-3-2-4-10/h10H,2-8H2,1H3. The zero-order chi connectivity index (χ0) is 12.5. The van der Waals surface area contributed by atoms with Gasteiger partial charge in [0.15, 0.2) is 0 Å². The van der Waals surface area contributed by atoms with Crippen molar-refractivity contribution in [3.05, 3.63) is 5.01 Å². The number of rotatable bonds is 2. The second kappa shape index (κ2) is 4.84. The van der Waals surface area contributed by atoms with E-state index in [1.165, 1.54) is 6.42 Å². The van der Waals surface area contributed by atoms with Crippen LogP contribution in [0.15, 0.2) is 0 Å². The molecule has 2 aliphatic rings. The van der Waals surface area contributed by atoms with E-state index < -0.39 is 0 Å². The van der Waals surface area contributed by atoms with Gasteiger partial charge in [-0.05, 0) is 19.8 Å². The van der Waals surface area contributed by atoms with Crippen molar-refractivity contribution in [2.45, 2.75) is 26.2 Å². The summed E-state index contributed by atoms with van der Waals surface area (Å²) in [5.41, 5.74) is 0. The Labute approximate surface area is 111 Å². The molecule has 0 N–H and O–H groups in total. The van der Waals surface area contributed by atoms with Crippen molar-refractivity contribution in [2.75, 3.05) is 31.1 Å². The molecule has 98 valence electrons. The maximum atomic E-state index is 12.1. The Morgan fingerprint density at radius 2 is 1.94 bits per heavy atom. The number of anilines is 1. The molecule has 0 aromatic carbocycles. The molecule has 2 heterocycles. The summed E-state index contributed by atoms with van der Waals surface area (Å²) in [6.07, 6.45) is 3.41. The van der Waals surface area contributed by atoms with Gasteiger partial charge in [0.2, 0.25) is 11.0 Å². The third-order valence-electron chi connectivity index (χ3n) is 3.83. The van der Waals surface area contributed by atoms with Gasteiger partial charge in [0.1, 0.15) is 5.01 Å². The first kappa shape index (κ1) is 11.9. The minimum absolute atomic E-state index is 0.320. The van der Waals surface area contributed by atoms with Crippen LogP contribution < -0.4 is 4.90 Å². The highest BCUT2D eigenvalue weighted by Crippen LogP contribution is 2.29. The molecular weight excluding hydrogens is 248 g/mol. The summed E-state index contributed by atoms with van der Waals surface area (Å²) >= 11 is 1.63. The number of aryl methyl sites for hydroxylation is 1. The lowest BCUT2D eigenvalue weighted by Gasteiger charge is -2.37. The van der Waals surface area contributed by atoms with Crippen molar-refractivity contribution in [1.29, 1.82) is 0 Å². The quantitative estimate of drug-likeness (QED) is 0.809. The summed E-state index contributed by atoms with van der Waals surface area (Å²) in [6.45, 7) is 5.39. The number of carbonyl (C=O) groups is 1. The van der Waals surface area contributed by atoms with Crippen LogP contribution in [-0.4, -0.2) is 47.2 Å². The summed E-state index contributed by atoms with van der Waals surface area (Å²) in [7, 11) is 0. The van der Waals surface area contributed by atoms with Gasteiger partial charge in [0, 0.05) is 32.1 Å². The molecular formula is C12H18N4OS. The van der Waals surface area contributed by atoms with Gasteiger partial charge in [0.05, 0.1) is 0 Å². The van der Waals surface area contributed by atoms with Crippen molar-refractivity contribution in [2.24, 2.45) is 5.92 Å². The monoisotopic (exact) mass is 266 g/mol. The SMILES string of the molecule is Cc1nnc(N2CCN(C(=O)C3CCC3)CC2)s1. The zero-order valence-corrected chi connectivity index (χ0v) is 11.4. The molecule has 1 aliphatic carbocycles. The molecule has 0 atom stereocenters. The van der Waals surface area contributed by atoms with E-state index in [4.69, 9.17) is 0 Å². The fraction of sp³-hybridized carbons (Fsp3) is 0.750. The largest absolute Gasteiger partial charge is 0.343 e. The fourth-order valence-electron chi connectivity index (χ4n) is 2.45. The highest BCUT2D eigenvalue weighted by Gasteiger charge is 2.31. The second-order valence-corrected chi connectivity index (χ2v) is 6.20. The van der Waals surface area contributed by atoms with E-state index in [0.717, 1.165) is 49.2 Å². The first-order chi connectivity index (χ1) is 8.74. The molecule has 1 aromatic heterocycles. The number of aromatic nitrogens is 2. The van der Waals surface area contributed by atoms with Crippen LogP contribution in [0.1, 0.15) is 24.3 Å². The van der Waals surface area contributed by atoms with Crippen molar-refractivity contribution in [3.63, 3.8) is 0 Å². The summed E-state index contributed by atoms with van der Waals surface area (Å²) in [5, 5.41) is 10.2. The Kier molecular flexibility index (Phi) is 3.20. The second-order valence-electron chi connectivity index (χ2n) is 5.04. The first-order valence-electron chi connectivity index (χ1n) is 6.58. The Bertz CT molecular complexity index is 435. The summed E-state index contributed by atoms with van der Waals surface area (Å²) in [5.74, 6) is 0.690. The molecule has 5 nitrogen and oxygen atoms in total. The van der Waals surface area contributed by atoms with Crippen LogP contribution in [0.5, 0.6) is 0 Å². The molecule has 1 saturated carbocycles. The average molecular weight is 266 g/mol. The molecule has 3 rings (SSSR count). The van der Waals surface area contributed by atoms with E-state index in [1.54, 1.807) is 11.3 Å². The Morgan fingerprint density at radius 3 is 2.44 bits per heavy atom. The maximum Gasteiger partial charge on any atom is 0.225 e. The van der Waals surface area contributed by atoms with E-state index in [1.807, 2.05) is 11.8 Å². The van der Waals surface area contributed by atoms with Gasteiger partial charge in [-0.3, -0.25) is 4.79 Å². The van der Waals surface area contributed by atoms with Crippen LogP contribution in [0.3, 0.4) is 0 Å². The van der Waals surface area contributed by atoms with Crippen LogP contribution in [0.2, 0.25) is 0 Å². The lowest BCUT2D eigenvalue weighted by Crippen LogP contribution is -2.51. The summed E-state index contributed by atoms with van der Waals surface area (Å²) in [4.78, 5) is 16.4. The molecule has 0 spiro atoms. The number of piperazine rings is 1. The van der Waals surface area contributed by atoms with Crippen molar-refractivity contribution < 1.29 is 4.79 Å². The lowest BCUT2D eigenvalue weighted by molar-refractivity contribution is -0.138. The lowest BCUT2D eigenvalue weighted by atomic mass is 9.84. The molecule has 18 heavy (non-hydrogen) atoms. The Hall–Kier alpha value is -1.17. The van der Waals surface area contributed by atoms with E-state index in [2.05, 4.69) is 15.1 Å². The van der Waals surface area contributed by atoms with Gasteiger partial charge >= 0.3 is 0 Å². The number of hydrogen-bond donors (Lipinski definition) is 0. The molecule has 0 radical (unpaired) electrons. The molecule has 1 aromatic rings. The third-order valence-corrected chi connectivity index (χ3v) is 4.73. The molecule has 6 heteroatoms. The topological polar surface area (TPSA) is 49.3 Å². The van der Waals surface area contributed by atoms with Crippen molar-refractivity contribution in [3.8, 4) is 0 Å². The highest BCUT2D eigenvalue weighted by molar-refractivity contribution is 7.15. The normalized spacial score (nSPS) is 20.9. The van der Waals surface area contributed by atoms with E-state index in [9.17, 15) is 4.79 Å². The number of amides is 1. The minimum Gasteiger partial charge on any atom is -0.343 e. The summed E-state index contributed by atoms with van der Waals surface area (Å²) in [6, 6.07) is 0. The Balaban J connectivity index is 1.56. The van der Waals surface area contributed by atoms with Gasteiger partial charge in [0.25, 0.3) is 0 Å². The molecule has 1 aliphatic heterocycles. The first-order valence-corrected chi connectivity index (χ1v) is 7.39. The van der Waals surface area contributed by atoms with Crippen LogP contribution in [0.4, 0.5) is 5.13 Å². The van der Waals surface area contributed by atoms with Crippen LogP contribution in [0, 0.1) is 12.8 Å². The zero-order valence-electron chi connectivity index (χ0n) is 10.6. The van der Waals surface area contributed by atoms with Crippen LogP contribution in [0.25, 0.3) is 0 Å². The van der Waals surface area contributed by atoms with Crippen molar-refractivity contribution >= 4 is 22.4 Å². The predicted molar refractivity (Wildman–Crippen MR) is 70.8 cm³/mol. The Morgan fingerprint density at radius 1 is 1.22 bits per heavy atom. The van der Waals surface area contributed by atoms with Gasteiger partial charge in [-0.1, -0.05) is 17.8 Å². The highest BCUT2D eigenvalue weighted by atomic mass is 32.1. The minimum atomic E-state index is 0.320. The third kappa shape index (κ3) is 2.21. The molecule has 0 bridgehead atoms. The number of hydrogen-bond acceptors (Lipinski definition) is 5. The molecule has 2 fully saturated rings. The number of nitrogens with zero attached hydrogens (tertiary/aromatic N) is 4. The van der Waals surface area contributed by atoms with E-state index >= 15 is 0 Å². The maximum absolute atomic E-state index is 12.1. The van der Waals surface area contributed by atoms with Crippen LogP contribution in [-0.2, 0) is 4.79 Å². The summed E-state index contributed by atoms with van der Waals surface area (Å²) < 4.78 is 0. The van der Waals surface area contributed by atoms with Gasteiger partial charge < -0.3 is 9.80 Å². The molecule has 1 amide bonds. The van der Waals surface area contributed by atoms with Gasteiger partial charge in [-0.15, -0.1) is 10.2 Å². The average Bonchev–Trinajstić information content (AvgIpc) is 2.74. The van der Waals surface area contributed by atoms with E-state index in [0.29, 0.717) is 11.8 Å². The number of carbonyl (C=O) groups excluding carboxylic acids is 1. The van der Waals surface area contributed by atoms with E-state index in [-0.39, 0.29) is 0 Å². The smallest absolute Gasteiger partial charge is 0.225 e. The fourth-order valence-corrected chi connectivity index (χ4v) is 3.18. The predicted octanol–water partition coefficient (Wildman–Crippen LogP) is 1.30.